The Morgan fingerprint density at radius 3 is 2.49 bits per heavy atom. The number of aryl methyl sites for hydroxylation is 1. The molecule has 0 atom stereocenters. The Bertz CT molecular complexity index is 1750. The van der Waals surface area contributed by atoms with Crippen molar-refractivity contribution in [3.63, 3.8) is 0 Å². The van der Waals surface area contributed by atoms with Crippen LogP contribution in [0.1, 0.15) is 64.1 Å². The lowest BCUT2D eigenvalue weighted by molar-refractivity contribution is -0.110. The molecule has 2 aromatic carbocycles. The molecule has 4 heterocycles. The monoisotopic (exact) mass is 640 g/mol. The normalized spacial score (nSPS) is 18.8. The molecule has 3 aromatic rings. The molecule has 2 saturated heterocycles. The lowest BCUT2D eigenvalue weighted by atomic mass is 10.0. The predicted molar refractivity (Wildman–Crippen MR) is 170 cm³/mol. The van der Waals surface area contributed by atoms with Crippen molar-refractivity contribution in [1.82, 2.24) is 14.8 Å². The maximum atomic E-state index is 13.6. The number of halogens is 2. The van der Waals surface area contributed by atoms with Gasteiger partial charge in [-0.3, -0.25) is 9.59 Å². The van der Waals surface area contributed by atoms with E-state index in [9.17, 15) is 18.0 Å². The number of fused-ring (bicyclic) bond motifs is 1. The summed E-state index contributed by atoms with van der Waals surface area (Å²) in [7, 11) is -3.80. The number of nitrogens with zero attached hydrogens (tertiary/aromatic N) is 2. The summed E-state index contributed by atoms with van der Waals surface area (Å²) in [5.74, 6) is -0.674. The molecule has 2 amide bonds. The summed E-state index contributed by atoms with van der Waals surface area (Å²) in [4.78, 5) is 34.5. The molecule has 6 rings (SSSR count). The van der Waals surface area contributed by atoms with E-state index in [1.165, 1.54) is 25.0 Å². The van der Waals surface area contributed by atoms with E-state index in [2.05, 4.69) is 15.2 Å². The fraction of sp³-hybridized carbons (Fsp3) is 0.375. The average molecular weight is 642 g/mol. The van der Waals surface area contributed by atoms with Crippen LogP contribution in [0.15, 0.2) is 41.3 Å². The van der Waals surface area contributed by atoms with E-state index in [-0.39, 0.29) is 32.5 Å². The van der Waals surface area contributed by atoms with Gasteiger partial charge < -0.3 is 20.1 Å². The van der Waals surface area contributed by atoms with Gasteiger partial charge in [0.05, 0.1) is 31.8 Å². The summed E-state index contributed by atoms with van der Waals surface area (Å²) in [6.45, 7) is 7.53. The lowest BCUT2D eigenvalue weighted by Gasteiger charge is -2.36. The second-order valence-electron chi connectivity index (χ2n) is 11.6. The van der Waals surface area contributed by atoms with Gasteiger partial charge >= 0.3 is 0 Å². The third kappa shape index (κ3) is 5.76. The number of nitrogens with one attached hydrogen (secondary N) is 2. The highest BCUT2D eigenvalue weighted by Crippen LogP contribution is 2.37. The van der Waals surface area contributed by atoms with E-state index < -0.39 is 9.84 Å². The van der Waals surface area contributed by atoms with E-state index >= 15 is 0 Å². The Kier molecular flexibility index (Phi) is 8.19. The standard InChI is InChI=1S/C32H34Cl2N4O4S/c1-19-28(35-20(2)29(19)32(40)38-14-10-22(11-15-38)37-12-3-4-13-37)17-25-24-16-23(8-9-27(24)36-31(25)39)43(41,42)18-21-6-5-7-26(33)30(21)34/h5-9,16-17,22,35H,3-4,10-15,18H2,1-2H3,(H,36,39)/b25-17-. The number of rotatable bonds is 6. The molecule has 2 fully saturated rings. The number of hydrogen-bond acceptors (Lipinski definition) is 5. The van der Waals surface area contributed by atoms with Crippen LogP contribution in [0.4, 0.5) is 5.69 Å². The molecular formula is C32H34Cl2N4O4S. The number of benzene rings is 2. The van der Waals surface area contributed by atoms with Gasteiger partial charge in [-0.25, -0.2) is 8.42 Å². The molecule has 1 aromatic heterocycles. The van der Waals surface area contributed by atoms with Gasteiger partial charge in [-0.15, -0.1) is 0 Å². The number of aromatic amines is 1. The van der Waals surface area contributed by atoms with Crippen LogP contribution in [0.5, 0.6) is 0 Å². The average Bonchev–Trinajstić information content (AvgIpc) is 3.69. The first-order valence-electron chi connectivity index (χ1n) is 14.6. The van der Waals surface area contributed by atoms with Gasteiger partial charge in [0, 0.05) is 41.8 Å². The molecule has 0 bridgehead atoms. The molecule has 226 valence electrons. The van der Waals surface area contributed by atoms with Crippen molar-refractivity contribution < 1.29 is 18.0 Å². The predicted octanol–water partition coefficient (Wildman–Crippen LogP) is 6.11. The third-order valence-electron chi connectivity index (χ3n) is 8.90. The largest absolute Gasteiger partial charge is 0.358 e. The smallest absolute Gasteiger partial charge is 0.256 e. The Hall–Kier alpha value is -3.11. The summed E-state index contributed by atoms with van der Waals surface area (Å²) in [6, 6.07) is 10.0. The summed E-state index contributed by atoms with van der Waals surface area (Å²) in [5.41, 5.74) is 4.49. The number of carbonyl (C=O) groups excluding carboxylic acids is 2. The van der Waals surface area contributed by atoms with Gasteiger partial charge in [-0.2, -0.15) is 0 Å². The second kappa shape index (κ2) is 11.8. The number of carbonyl (C=O) groups is 2. The number of H-pyrrole nitrogens is 1. The van der Waals surface area contributed by atoms with Gasteiger partial charge in [0.15, 0.2) is 9.84 Å². The number of aromatic nitrogens is 1. The number of piperidine rings is 1. The molecule has 0 saturated carbocycles. The van der Waals surface area contributed by atoms with Crippen LogP contribution in [-0.2, 0) is 20.4 Å². The zero-order valence-corrected chi connectivity index (χ0v) is 26.5. The van der Waals surface area contributed by atoms with Crippen molar-refractivity contribution in [3.8, 4) is 0 Å². The summed E-state index contributed by atoms with van der Waals surface area (Å²) >= 11 is 12.3. The molecule has 11 heteroatoms. The van der Waals surface area contributed by atoms with Crippen LogP contribution >= 0.6 is 23.2 Å². The molecule has 0 aliphatic carbocycles. The first-order chi connectivity index (χ1) is 20.5. The van der Waals surface area contributed by atoms with E-state index in [0.29, 0.717) is 39.7 Å². The molecule has 0 spiro atoms. The van der Waals surface area contributed by atoms with Gasteiger partial charge in [-0.05, 0) is 94.1 Å². The van der Waals surface area contributed by atoms with Crippen LogP contribution in [0.3, 0.4) is 0 Å². The number of sulfone groups is 1. The Balaban J connectivity index is 1.25. The molecule has 0 unspecified atom stereocenters. The fourth-order valence-electron chi connectivity index (χ4n) is 6.53. The van der Waals surface area contributed by atoms with Crippen molar-refractivity contribution in [1.29, 1.82) is 0 Å². The number of likely N-dealkylation sites (tertiary alicyclic amines) is 2. The lowest BCUT2D eigenvalue weighted by Crippen LogP contribution is -2.46. The van der Waals surface area contributed by atoms with Crippen LogP contribution < -0.4 is 5.32 Å². The van der Waals surface area contributed by atoms with Crippen LogP contribution in [0, 0.1) is 13.8 Å². The van der Waals surface area contributed by atoms with Gasteiger partial charge in [0.25, 0.3) is 11.8 Å². The van der Waals surface area contributed by atoms with E-state index in [0.717, 1.165) is 50.3 Å². The van der Waals surface area contributed by atoms with E-state index in [1.807, 2.05) is 18.7 Å². The quantitative estimate of drug-likeness (QED) is 0.317. The third-order valence-corrected chi connectivity index (χ3v) is 11.4. The molecular weight excluding hydrogens is 607 g/mol. The Labute approximate surface area is 262 Å². The first-order valence-corrected chi connectivity index (χ1v) is 17.0. The second-order valence-corrected chi connectivity index (χ2v) is 14.4. The summed E-state index contributed by atoms with van der Waals surface area (Å²) in [6.07, 6.45) is 6.19. The van der Waals surface area contributed by atoms with Gasteiger partial charge in [0.2, 0.25) is 0 Å². The minimum atomic E-state index is -3.80. The highest BCUT2D eigenvalue weighted by atomic mass is 35.5. The molecule has 2 N–H and O–H groups in total. The molecule has 0 radical (unpaired) electrons. The number of hydrogen-bond donors (Lipinski definition) is 2. The van der Waals surface area contributed by atoms with Gasteiger partial charge in [0.1, 0.15) is 0 Å². The number of anilines is 1. The van der Waals surface area contributed by atoms with Crippen molar-refractivity contribution in [3.05, 3.63) is 80.1 Å². The van der Waals surface area contributed by atoms with Gasteiger partial charge in [-0.1, -0.05) is 35.3 Å². The zero-order valence-electron chi connectivity index (χ0n) is 24.2. The highest BCUT2D eigenvalue weighted by molar-refractivity contribution is 7.90. The minimum absolute atomic E-state index is 0.0000938. The minimum Gasteiger partial charge on any atom is -0.358 e. The van der Waals surface area contributed by atoms with Crippen LogP contribution in [0.25, 0.3) is 11.6 Å². The zero-order chi connectivity index (χ0) is 30.5. The van der Waals surface area contributed by atoms with Crippen molar-refractivity contribution in [2.75, 3.05) is 31.5 Å². The molecule has 3 aliphatic heterocycles. The van der Waals surface area contributed by atoms with Crippen LogP contribution in [0.2, 0.25) is 10.0 Å². The van der Waals surface area contributed by atoms with Crippen molar-refractivity contribution in [2.45, 2.75) is 56.2 Å². The SMILES string of the molecule is Cc1[nH]c(/C=C2\C(=O)Nc3ccc(S(=O)(=O)Cc4cccc(Cl)c4Cl)cc32)c(C)c1C(=O)N1CCC(N2CCCC2)CC1. The van der Waals surface area contributed by atoms with Crippen molar-refractivity contribution >= 4 is 62.2 Å². The molecule has 8 nitrogen and oxygen atoms in total. The van der Waals surface area contributed by atoms with Crippen LogP contribution in [-0.4, -0.2) is 67.2 Å². The van der Waals surface area contributed by atoms with Crippen molar-refractivity contribution in [2.24, 2.45) is 0 Å². The molecule has 43 heavy (non-hydrogen) atoms. The van der Waals surface area contributed by atoms with E-state index in [4.69, 9.17) is 23.2 Å². The summed E-state index contributed by atoms with van der Waals surface area (Å²) in [5, 5.41) is 3.30. The Morgan fingerprint density at radius 2 is 1.77 bits per heavy atom. The van der Waals surface area contributed by atoms with E-state index in [1.54, 1.807) is 30.3 Å². The number of amides is 2. The fourth-order valence-corrected chi connectivity index (χ4v) is 8.39. The first kappa shape index (κ1) is 29.9. The topological polar surface area (TPSA) is 103 Å². The summed E-state index contributed by atoms with van der Waals surface area (Å²) < 4.78 is 26.7. The maximum Gasteiger partial charge on any atom is 0.256 e. The highest BCUT2D eigenvalue weighted by Gasteiger charge is 2.32. The molecule has 3 aliphatic rings. The Morgan fingerprint density at radius 1 is 1.05 bits per heavy atom. The maximum absolute atomic E-state index is 13.6.